The fourth-order valence-electron chi connectivity index (χ4n) is 2.20. The van der Waals surface area contributed by atoms with Crippen LogP contribution in [-0.2, 0) is 6.42 Å². The topological polar surface area (TPSA) is 24.9 Å². The van der Waals surface area contributed by atoms with Crippen LogP contribution in [0.3, 0.4) is 0 Å². The number of aromatic nitrogens is 1. The van der Waals surface area contributed by atoms with Crippen LogP contribution in [0.2, 0.25) is 0 Å². The zero-order valence-electron chi connectivity index (χ0n) is 9.19. The molecule has 0 amide bonds. The highest BCUT2D eigenvalue weighted by Gasteiger charge is 2.23. The lowest BCUT2D eigenvalue weighted by atomic mass is 9.98. The molecular formula is C12H14N2S2. The Morgan fingerprint density at radius 2 is 2.44 bits per heavy atom. The minimum absolute atomic E-state index is 0.522. The molecule has 1 atom stereocenters. The average Bonchev–Trinajstić information content (AvgIpc) is 2.96. The summed E-state index contributed by atoms with van der Waals surface area (Å²) in [6.07, 6.45) is 3.65. The zero-order valence-corrected chi connectivity index (χ0v) is 10.8. The van der Waals surface area contributed by atoms with Crippen molar-refractivity contribution in [1.29, 1.82) is 0 Å². The molecule has 0 aliphatic heterocycles. The predicted octanol–water partition coefficient (Wildman–Crippen LogP) is 3.47. The number of nitrogens with one attached hydrogen (secondary N) is 1. The zero-order chi connectivity index (χ0) is 11.0. The number of thiophene rings is 1. The molecule has 1 aliphatic rings. The van der Waals surface area contributed by atoms with Gasteiger partial charge in [0.2, 0.25) is 0 Å². The van der Waals surface area contributed by atoms with Gasteiger partial charge in [0.1, 0.15) is 5.01 Å². The van der Waals surface area contributed by atoms with Crippen LogP contribution in [0, 0.1) is 0 Å². The Balaban J connectivity index is 2.02. The van der Waals surface area contributed by atoms with Crippen LogP contribution in [0.15, 0.2) is 16.8 Å². The summed E-state index contributed by atoms with van der Waals surface area (Å²) in [6.45, 7) is 0. The van der Waals surface area contributed by atoms with E-state index in [9.17, 15) is 0 Å². The normalized spacial score (nSPS) is 19.7. The van der Waals surface area contributed by atoms with Crippen LogP contribution >= 0.6 is 22.7 Å². The molecule has 2 aromatic rings. The first kappa shape index (κ1) is 10.4. The second kappa shape index (κ2) is 4.28. The van der Waals surface area contributed by atoms with Crippen LogP contribution in [0.25, 0.3) is 10.6 Å². The summed E-state index contributed by atoms with van der Waals surface area (Å²) in [5, 5.41) is 8.88. The second-order valence-electron chi connectivity index (χ2n) is 4.08. The van der Waals surface area contributed by atoms with Crippen molar-refractivity contribution in [3.63, 3.8) is 0 Å². The van der Waals surface area contributed by atoms with Gasteiger partial charge in [-0.2, -0.15) is 11.3 Å². The van der Waals surface area contributed by atoms with E-state index in [1.807, 2.05) is 18.4 Å². The van der Waals surface area contributed by atoms with Gasteiger partial charge in [-0.25, -0.2) is 4.98 Å². The van der Waals surface area contributed by atoms with E-state index in [1.54, 1.807) is 11.3 Å². The summed E-state index contributed by atoms with van der Waals surface area (Å²) >= 11 is 3.60. The molecule has 2 aromatic heterocycles. The smallest absolute Gasteiger partial charge is 0.124 e. The summed E-state index contributed by atoms with van der Waals surface area (Å²) in [7, 11) is 2.05. The van der Waals surface area contributed by atoms with Crippen LogP contribution in [0.4, 0.5) is 0 Å². The monoisotopic (exact) mass is 250 g/mol. The third-order valence-corrected chi connectivity index (χ3v) is 5.01. The maximum absolute atomic E-state index is 4.78. The molecule has 84 valence electrons. The lowest BCUT2D eigenvalue weighted by molar-refractivity contribution is 0.501. The van der Waals surface area contributed by atoms with Gasteiger partial charge >= 0.3 is 0 Å². The van der Waals surface area contributed by atoms with E-state index in [0.29, 0.717) is 6.04 Å². The van der Waals surface area contributed by atoms with Gasteiger partial charge < -0.3 is 5.32 Å². The van der Waals surface area contributed by atoms with E-state index in [4.69, 9.17) is 4.98 Å². The highest BCUT2D eigenvalue weighted by molar-refractivity contribution is 7.15. The van der Waals surface area contributed by atoms with Gasteiger partial charge in [0.05, 0.1) is 5.69 Å². The molecule has 0 aromatic carbocycles. The highest BCUT2D eigenvalue weighted by Crippen LogP contribution is 2.38. The molecule has 1 aliphatic carbocycles. The largest absolute Gasteiger partial charge is 0.312 e. The van der Waals surface area contributed by atoms with Crippen LogP contribution in [0.1, 0.15) is 29.5 Å². The van der Waals surface area contributed by atoms with E-state index in [-0.39, 0.29) is 0 Å². The van der Waals surface area contributed by atoms with Crippen molar-refractivity contribution in [2.75, 3.05) is 7.05 Å². The van der Waals surface area contributed by atoms with Crippen molar-refractivity contribution in [3.8, 4) is 10.6 Å². The number of nitrogens with zero attached hydrogens (tertiary/aromatic N) is 1. The number of rotatable bonds is 2. The van der Waals surface area contributed by atoms with Gasteiger partial charge in [0.25, 0.3) is 0 Å². The Kier molecular flexibility index (Phi) is 2.79. The van der Waals surface area contributed by atoms with Gasteiger partial charge in [-0.05, 0) is 37.8 Å². The molecule has 4 heteroatoms. The number of aryl methyl sites for hydroxylation is 1. The Morgan fingerprint density at radius 1 is 1.50 bits per heavy atom. The van der Waals surface area contributed by atoms with Crippen molar-refractivity contribution in [1.82, 2.24) is 10.3 Å². The summed E-state index contributed by atoms with van der Waals surface area (Å²) < 4.78 is 0. The Hall–Kier alpha value is -0.710. The van der Waals surface area contributed by atoms with Gasteiger partial charge in [-0.1, -0.05) is 0 Å². The van der Waals surface area contributed by atoms with Gasteiger partial charge in [0.15, 0.2) is 0 Å². The Bertz CT molecular complexity index is 473. The van der Waals surface area contributed by atoms with Crippen LogP contribution in [-0.4, -0.2) is 12.0 Å². The number of hydrogen-bond acceptors (Lipinski definition) is 4. The summed E-state index contributed by atoms with van der Waals surface area (Å²) in [5.74, 6) is 0. The second-order valence-corrected chi connectivity index (χ2v) is 5.89. The van der Waals surface area contributed by atoms with Crippen molar-refractivity contribution >= 4 is 22.7 Å². The lowest BCUT2D eigenvalue weighted by Gasteiger charge is -2.19. The molecule has 2 nitrogen and oxygen atoms in total. The summed E-state index contributed by atoms with van der Waals surface area (Å²) in [5.41, 5.74) is 2.59. The van der Waals surface area contributed by atoms with Crippen molar-refractivity contribution in [2.45, 2.75) is 25.3 Å². The molecular weight excluding hydrogens is 236 g/mol. The van der Waals surface area contributed by atoms with E-state index < -0.39 is 0 Å². The molecule has 0 spiro atoms. The first-order chi connectivity index (χ1) is 7.88. The maximum atomic E-state index is 4.78. The molecule has 1 unspecified atom stereocenters. The fourth-order valence-corrected chi connectivity index (χ4v) is 4.17. The lowest BCUT2D eigenvalue weighted by Crippen LogP contribution is -2.19. The summed E-state index contributed by atoms with van der Waals surface area (Å²) in [4.78, 5) is 6.23. The first-order valence-electron chi connectivity index (χ1n) is 5.58. The third-order valence-electron chi connectivity index (χ3n) is 3.07. The minimum atomic E-state index is 0.522. The van der Waals surface area contributed by atoms with Crippen LogP contribution < -0.4 is 5.32 Å². The molecule has 0 bridgehead atoms. The quantitative estimate of drug-likeness (QED) is 0.883. The van der Waals surface area contributed by atoms with E-state index >= 15 is 0 Å². The highest BCUT2D eigenvalue weighted by atomic mass is 32.1. The van der Waals surface area contributed by atoms with E-state index in [1.165, 1.54) is 34.0 Å². The Labute approximate surface area is 103 Å². The molecule has 0 saturated carbocycles. The van der Waals surface area contributed by atoms with Crippen molar-refractivity contribution in [2.24, 2.45) is 0 Å². The number of thiazole rings is 1. The number of fused-ring (bicyclic) bond motifs is 1. The SMILES string of the molecule is CNC1CCCc2nc(-c3ccsc3)sc21. The first-order valence-corrected chi connectivity index (χ1v) is 7.34. The van der Waals surface area contributed by atoms with E-state index in [0.717, 1.165) is 6.42 Å². The molecule has 3 rings (SSSR count). The third kappa shape index (κ3) is 1.71. The minimum Gasteiger partial charge on any atom is -0.312 e. The fraction of sp³-hybridized carbons (Fsp3) is 0.417. The molecule has 0 radical (unpaired) electrons. The summed E-state index contributed by atoms with van der Waals surface area (Å²) in [6, 6.07) is 2.68. The van der Waals surface area contributed by atoms with Gasteiger partial charge in [0, 0.05) is 21.9 Å². The molecule has 16 heavy (non-hydrogen) atoms. The maximum Gasteiger partial charge on any atom is 0.124 e. The molecule has 0 fully saturated rings. The molecule has 0 saturated heterocycles. The van der Waals surface area contributed by atoms with Gasteiger partial charge in [-0.15, -0.1) is 11.3 Å². The average molecular weight is 250 g/mol. The van der Waals surface area contributed by atoms with Crippen molar-refractivity contribution in [3.05, 3.63) is 27.4 Å². The van der Waals surface area contributed by atoms with Crippen molar-refractivity contribution < 1.29 is 0 Å². The molecule has 1 N–H and O–H groups in total. The van der Waals surface area contributed by atoms with E-state index in [2.05, 4.69) is 22.1 Å². The van der Waals surface area contributed by atoms with Gasteiger partial charge in [-0.3, -0.25) is 0 Å². The molecule has 2 heterocycles. The van der Waals surface area contributed by atoms with Crippen LogP contribution in [0.5, 0.6) is 0 Å². The Morgan fingerprint density at radius 3 is 3.19 bits per heavy atom. The number of hydrogen-bond donors (Lipinski definition) is 1. The predicted molar refractivity (Wildman–Crippen MR) is 70.2 cm³/mol. The standard InChI is InChI=1S/C12H14N2S2/c1-13-9-3-2-4-10-11(9)16-12(14-10)8-5-6-15-7-8/h5-7,9,13H,2-4H2,1H3.